The predicted molar refractivity (Wildman–Crippen MR) is 286 cm³/mol. The number of benzene rings is 7. The topological polar surface area (TPSA) is 224 Å². The summed E-state index contributed by atoms with van der Waals surface area (Å²) in [5.74, 6) is -6.44. The first-order chi connectivity index (χ1) is 39.0. The minimum absolute atomic E-state index is 0.00859. The van der Waals surface area contributed by atoms with Crippen molar-refractivity contribution in [3.8, 4) is 0 Å². The number of hydrogen-bond donors (Lipinski definition) is 0. The first kappa shape index (κ1) is 55.6. The molecule has 0 saturated carbocycles. The van der Waals surface area contributed by atoms with Gasteiger partial charge in [-0.2, -0.15) is 0 Å². The summed E-state index contributed by atoms with van der Waals surface area (Å²) in [4.78, 5) is 104. The van der Waals surface area contributed by atoms with Crippen LogP contribution in [0.3, 0.4) is 0 Å². The van der Waals surface area contributed by atoms with Gasteiger partial charge in [0.2, 0.25) is 0 Å². The van der Waals surface area contributed by atoms with E-state index in [1.165, 1.54) is 84.9 Å². The summed E-state index contributed by atoms with van der Waals surface area (Å²) in [6.45, 7) is -1.36. The number of ether oxygens (including phenoxy) is 9. The molecule has 2 aliphatic rings. The molecule has 2 fully saturated rings. The van der Waals surface area contributed by atoms with Gasteiger partial charge in [0, 0.05) is 0 Å². The van der Waals surface area contributed by atoms with Crippen molar-refractivity contribution in [2.75, 3.05) is 13.2 Å². The zero-order valence-electron chi connectivity index (χ0n) is 42.1. The number of rotatable bonds is 18. The molecule has 406 valence electrons. The fourth-order valence-electron chi connectivity index (χ4n) is 8.39. The second-order valence-corrected chi connectivity index (χ2v) is 18.6. The van der Waals surface area contributed by atoms with E-state index in [1.807, 2.05) is 0 Å². The molecular weight excluding hydrogens is 1100 g/mol. The van der Waals surface area contributed by atoms with Crippen LogP contribution in [0.15, 0.2) is 217 Å². The molecule has 18 nitrogen and oxygen atoms in total. The van der Waals surface area contributed by atoms with Crippen LogP contribution in [-0.2, 0) is 47.5 Å². The number of alkyl halides is 1. The van der Waals surface area contributed by atoms with Gasteiger partial charge < -0.3 is 47.5 Å². The van der Waals surface area contributed by atoms with Gasteiger partial charge in [0.15, 0.2) is 35.7 Å². The monoisotopic (exact) mass is 1150 g/mol. The maximum absolute atomic E-state index is 14.5. The van der Waals surface area contributed by atoms with Gasteiger partial charge in [0.1, 0.15) is 37.2 Å². The van der Waals surface area contributed by atoms with Crippen LogP contribution in [0.5, 0.6) is 0 Å². The standard InChI is InChI=1S/C61H48BrNO17/c62-53-47(63-80-60(70)44-34-20-7-21-35-44)50(76-57(67)41-28-14-4-15-29-41)48(45(73-53)36-71-54(64)38-22-8-1-9-23-38)79-61-52(78-59(69)43-32-18-6-19-33-43)51(77-58(68)42-30-16-5-17-31-42)49(75-56(66)40-26-12-3-13-27-40)46(74-61)37-72-55(65)39-24-10-2-11-25-39/h1-35,45-46,48-53,61H,36-37H2/b63-47-/t45-,46-,48-,49+,50+,51+,52-,53+,61+/m1/s1. The normalized spacial score (nSPS) is 21.9. The van der Waals surface area contributed by atoms with Crippen molar-refractivity contribution in [1.82, 2.24) is 0 Å². The first-order valence-electron chi connectivity index (χ1n) is 24.9. The Kier molecular flexibility index (Phi) is 18.7. The first-order valence-corrected chi connectivity index (χ1v) is 25.9. The number of nitrogens with zero attached hydrogens (tertiary/aromatic N) is 1. The number of hydrogen-bond acceptors (Lipinski definition) is 18. The van der Waals surface area contributed by atoms with E-state index >= 15 is 0 Å². The van der Waals surface area contributed by atoms with Crippen LogP contribution in [0.25, 0.3) is 0 Å². The molecule has 9 atom stereocenters. The van der Waals surface area contributed by atoms with Gasteiger partial charge >= 0.3 is 41.8 Å². The van der Waals surface area contributed by atoms with Crippen LogP contribution in [0, 0.1) is 0 Å². The fourth-order valence-corrected chi connectivity index (χ4v) is 9.01. The molecule has 7 aromatic carbocycles. The molecule has 0 N–H and O–H groups in total. The van der Waals surface area contributed by atoms with Gasteiger partial charge in [0.05, 0.1) is 38.9 Å². The summed E-state index contributed by atoms with van der Waals surface area (Å²) in [5.41, 5.74) is 0.226. The van der Waals surface area contributed by atoms with E-state index in [-0.39, 0.29) is 44.7 Å². The Labute approximate surface area is 466 Å². The molecule has 0 amide bonds. The summed E-state index contributed by atoms with van der Waals surface area (Å²) in [6, 6.07) is 54.9. The molecule has 0 unspecified atom stereocenters. The quantitative estimate of drug-likeness (QED) is 0.0257. The van der Waals surface area contributed by atoms with Crippen molar-refractivity contribution in [1.29, 1.82) is 0 Å². The lowest BCUT2D eigenvalue weighted by Gasteiger charge is -2.47. The van der Waals surface area contributed by atoms with Crippen molar-refractivity contribution < 1.29 is 81.0 Å². The van der Waals surface area contributed by atoms with Crippen LogP contribution < -0.4 is 0 Å². The highest BCUT2D eigenvalue weighted by atomic mass is 79.9. The van der Waals surface area contributed by atoms with Gasteiger partial charge in [-0.3, -0.25) is 0 Å². The SMILES string of the molecule is O=C(OC[C@H]1O[C@@H](O[C@@H]2[C@@H](COC(=O)c3ccccc3)O[C@H](Br)/C(=N\OC(=O)c3ccccc3)[C@@H]2OC(=O)c2ccccc2)[C@H](OC(=O)c2ccccc2)[C@@H](OC(=O)c2ccccc2)[C@H]1OC(=O)c1ccccc1)c1ccccc1. The Morgan fingerprint density at radius 3 is 1.06 bits per heavy atom. The van der Waals surface area contributed by atoms with E-state index in [0.29, 0.717) is 0 Å². The third-order valence-corrected chi connectivity index (χ3v) is 13.1. The Balaban J connectivity index is 1.19. The van der Waals surface area contributed by atoms with E-state index in [9.17, 15) is 33.6 Å². The van der Waals surface area contributed by atoms with Gasteiger partial charge in [0.25, 0.3) is 0 Å². The minimum Gasteiger partial charge on any atom is -0.459 e. The van der Waals surface area contributed by atoms with Gasteiger partial charge in [-0.25, -0.2) is 33.6 Å². The molecule has 19 heteroatoms. The molecule has 0 radical (unpaired) electrons. The molecule has 7 aromatic rings. The highest BCUT2D eigenvalue weighted by molar-refractivity contribution is 9.09. The third kappa shape index (κ3) is 14.1. The van der Waals surface area contributed by atoms with E-state index in [2.05, 4.69) is 21.1 Å². The second-order valence-electron chi connectivity index (χ2n) is 17.7. The van der Waals surface area contributed by atoms with Crippen LogP contribution in [0.4, 0.5) is 0 Å². The molecule has 0 aliphatic carbocycles. The third-order valence-electron chi connectivity index (χ3n) is 12.4. The number of esters is 6. The van der Waals surface area contributed by atoms with E-state index < -0.39 is 109 Å². The van der Waals surface area contributed by atoms with E-state index in [1.54, 1.807) is 127 Å². The summed E-state index contributed by atoms with van der Waals surface area (Å²) in [6.07, 6.45) is -14.4. The molecule has 2 aliphatic heterocycles. The average molecular weight is 1150 g/mol. The zero-order chi connectivity index (χ0) is 55.8. The zero-order valence-corrected chi connectivity index (χ0v) is 43.7. The molecule has 2 heterocycles. The summed E-state index contributed by atoms with van der Waals surface area (Å²) in [7, 11) is 0. The minimum atomic E-state index is -2.03. The Bertz CT molecular complexity index is 3270. The van der Waals surface area contributed by atoms with Crippen molar-refractivity contribution >= 4 is 63.4 Å². The Morgan fingerprint density at radius 2 is 0.675 bits per heavy atom. The summed E-state index contributed by atoms with van der Waals surface area (Å²) in [5, 5.41) is 2.80. The lowest BCUT2D eigenvalue weighted by molar-refractivity contribution is -0.322. The van der Waals surface area contributed by atoms with Gasteiger partial charge in [-0.05, 0) is 84.9 Å². The average Bonchev–Trinajstić information content (AvgIpc) is 3.53. The molecule has 0 bridgehead atoms. The van der Waals surface area contributed by atoms with E-state index in [0.717, 1.165) is 0 Å². The predicted octanol–water partition coefficient (Wildman–Crippen LogP) is 9.05. The smallest absolute Gasteiger partial charge is 0.365 e. The maximum Gasteiger partial charge on any atom is 0.365 e. The van der Waals surface area contributed by atoms with E-state index in [4.69, 9.17) is 47.5 Å². The highest BCUT2D eigenvalue weighted by Crippen LogP contribution is 2.36. The molecule has 9 rings (SSSR count). The Morgan fingerprint density at radius 1 is 0.362 bits per heavy atom. The molecule has 80 heavy (non-hydrogen) atoms. The van der Waals surface area contributed by atoms with Gasteiger partial charge in [-0.15, -0.1) is 0 Å². The van der Waals surface area contributed by atoms with Crippen LogP contribution >= 0.6 is 15.9 Å². The van der Waals surface area contributed by atoms with Crippen molar-refractivity contribution in [2.24, 2.45) is 5.16 Å². The number of oxime groups is 1. The largest absolute Gasteiger partial charge is 0.459 e. The lowest BCUT2D eigenvalue weighted by atomic mass is 9.96. The highest BCUT2D eigenvalue weighted by Gasteiger charge is 2.57. The molecule has 0 aromatic heterocycles. The number of carbonyl (C=O) groups is 7. The number of carbonyl (C=O) groups excluding carboxylic acids is 7. The lowest BCUT2D eigenvalue weighted by Crippen LogP contribution is -2.66. The van der Waals surface area contributed by atoms with Crippen LogP contribution in [0.1, 0.15) is 72.5 Å². The van der Waals surface area contributed by atoms with Gasteiger partial charge in [-0.1, -0.05) is 148 Å². The second kappa shape index (κ2) is 27.0. The molecule has 0 spiro atoms. The van der Waals surface area contributed by atoms with Crippen molar-refractivity contribution in [3.63, 3.8) is 0 Å². The molecular formula is C61H48BrNO17. The van der Waals surface area contributed by atoms with Crippen molar-refractivity contribution in [3.05, 3.63) is 251 Å². The summed E-state index contributed by atoms with van der Waals surface area (Å²) < 4.78 is 56.8. The van der Waals surface area contributed by atoms with Crippen LogP contribution in [-0.4, -0.2) is 115 Å². The Hall–Kier alpha value is -9.14. The molecule has 2 saturated heterocycles. The summed E-state index contributed by atoms with van der Waals surface area (Å²) >= 11 is 3.45. The van der Waals surface area contributed by atoms with Crippen molar-refractivity contribution in [2.45, 2.75) is 54.0 Å². The number of halogens is 1. The maximum atomic E-state index is 14.5. The van der Waals surface area contributed by atoms with Crippen LogP contribution in [0.2, 0.25) is 0 Å². The fraction of sp³-hybridized carbons (Fsp3) is 0.180.